The number of hydrogen-bond donors (Lipinski definition) is 1. The fraction of sp³-hybridized carbons (Fsp3) is 0.231. The van der Waals surface area contributed by atoms with E-state index in [9.17, 15) is 0 Å². The van der Waals surface area contributed by atoms with Crippen LogP contribution in [0.15, 0.2) is 72.9 Å². The van der Waals surface area contributed by atoms with Gasteiger partial charge in [0, 0.05) is 30.2 Å². The molecule has 4 nitrogen and oxygen atoms in total. The van der Waals surface area contributed by atoms with Crippen LogP contribution in [-0.4, -0.2) is 30.6 Å². The molecule has 0 saturated heterocycles. The second kappa shape index (κ2) is 7.88. The first-order chi connectivity index (χ1) is 14.8. The standard InChI is InChI=1S/C26H26N2O2/c1-29-20-9-7-18(8-10-20)17-28-14-13-19-5-3-4-6-22(19)26(28)24-16-27-25-12-11-21(30-2)15-23(24)25/h3-12,15-16,26-27H,13-14,17H2,1-2H3. The Hall–Kier alpha value is -3.24. The van der Waals surface area contributed by atoms with Crippen LogP contribution in [-0.2, 0) is 13.0 Å². The summed E-state index contributed by atoms with van der Waals surface area (Å²) in [4.78, 5) is 6.04. The van der Waals surface area contributed by atoms with Gasteiger partial charge in [-0.25, -0.2) is 0 Å². The molecule has 0 saturated carbocycles. The Kier molecular flexibility index (Phi) is 4.93. The summed E-state index contributed by atoms with van der Waals surface area (Å²) < 4.78 is 10.8. The Bertz CT molecular complexity index is 1160. The van der Waals surface area contributed by atoms with Gasteiger partial charge < -0.3 is 14.5 Å². The molecule has 0 aliphatic carbocycles. The number of aromatic amines is 1. The van der Waals surface area contributed by atoms with E-state index < -0.39 is 0 Å². The fourth-order valence-electron chi connectivity index (χ4n) is 4.59. The molecule has 0 bridgehead atoms. The largest absolute Gasteiger partial charge is 0.497 e. The maximum Gasteiger partial charge on any atom is 0.119 e. The van der Waals surface area contributed by atoms with E-state index in [2.05, 4.69) is 64.6 Å². The van der Waals surface area contributed by atoms with Crippen molar-refractivity contribution in [3.63, 3.8) is 0 Å². The lowest BCUT2D eigenvalue weighted by Crippen LogP contribution is -2.35. The van der Waals surface area contributed by atoms with Crippen LogP contribution in [0.3, 0.4) is 0 Å². The second-order valence-electron chi connectivity index (χ2n) is 7.83. The van der Waals surface area contributed by atoms with Gasteiger partial charge in [-0.1, -0.05) is 36.4 Å². The normalized spacial score (nSPS) is 16.4. The van der Waals surface area contributed by atoms with Crippen molar-refractivity contribution >= 4 is 10.9 Å². The molecule has 4 aromatic rings. The van der Waals surface area contributed by atoms with E-state index in [1.807, 2.05) is 18.2 Å². The SMILES string of the molecule is COc1ccc(CN2CCc3ccccc3C2c2c[nH]c3ccc(OC)cc23)cc1. The monoisotopic (exact) mass is 398 g/mol. The minimum absolute atomic E-state index is 0.193. The molecule has 4 heteroatoms. The second-order valence-corrected chi connectivity index (χ2v) is 7.83. The van der Waals surface area contributed by atoms with Crippen molar-refractivity contribution in [3.05, 3.63) is 95.2 Å². The van der Waals surface area contributed by atoms with E-state index in [1.165, 1.54) is 27.6 Å². The molecule has 2 heterocycles. The van der Waals surface area contributed by atoms with E-state index >= 15 is 0 Å². The molecule has 1 aliphatic rings. The van der Waals surface area contributed by atoms with Gasteiger partial charge in [0.25, 0.3) is 0 Å². The first-order valence-corrected chi connectivity index (χ1v) is 10.4. The highest BCUT2D eigenvalue weighted by atomic mass is 16.5. The minimum Gasteiger partial charge on any atom is -0.497 e. The molecule has 1 atom stereocenters. The molecule has 0 spiro atoms. The Morgan fingerprint density at radius 3 is 2.47 bits per heavy atom. The highest BCUT2D eigenvalue weighted by Crippen LogP contribution is 2.40. The van der Waals surface area contributed by atoms with Crippen molar-refractivity contribution in [2.45, 2.75) is 19.0 Å². The summed E-state index contributed by atoms with van der Waals surface area (Å²) in [5.41, 5.74) is 6.55. The fourth-order valence-corrected chi connectivity index (χ4v) is 4.59. The molecule has 1 N–H and O–H groups in total. The number of fused-ring (bicyclic) bond motifs is 2. The highest BCUT2D eigenvalue weighted by molar-refractivity contribution is 5.85. The van der Waals surface area contributed by atoms with Crippen LogP contribution in [0.4, 0.5) is 0 Å². The summed E-state index contributed by atoms with van der Waals surface area (Å²) in [5.74, 6) is 1.78. The predicted molar refractivity (Wildman–Crippen MR) is 120 cm³/mol. The van der Waals surface area contributed by atoms with E-state index in [1.54, 1.807) is 14.2 Å². The number of ether oxygens (including phenoxy) is 2. The van der Waals surface area contributed by atoms with Crippen LogP contribution in [0.25, 0.3) is 10.9 Å². The Balaban J connectivity index is 1.59. The first-order valence-electron chi connectivity index (χ1n) is 10.4. The van der Waals surface area contributed by atoms with Gasteiger partial charge >= 0.3 is 0 Å². The average Bonchev–Trinajstić information content (AvgIpc) is 3.22. The van der Waals surface area contributed by atoms with Crippen molar-refractivity contribution in [1.82, 2.24) is 9.88 Å². The number of benzene rings is 3. The number of rotatable bonds is 5. The van der Waals surface area contributed by atoms with Crippen LogP contribution in [0.2, 0.25) is 0 Å². The third-order valence-electron chi connectivity index (χ3n) is 6.14. The topological polar surface area (TPSA) is 37.5 Å². The average molecular weight is 399 g/mol. The summed E-state index contributed by atoms with van der Waals surface area (Å²) in [6, 6.07) is 23.7. The molecule has 30 heavy (non-hydrogen) atoms. The molecular formula is C26H26N2O2. The van der Waals surface area contributed by atoms with E-state index in [4.69, 9.17) is 9.47 Å². The molecule has 0 amide bonds. The van der Waals surface area contributed by atoms with Gasteiger partial charge in [0.2, 0.25) is 0 Å². The van der Waals surface area contributed by atoms with Crippen molar-refractivity contribution < 1.29 is 9.47 Å². The molecule has 1 aromatic heterocycles. The zero-order valence-corrected chi connectivity index (χ0v) is 17.4. The number of H-pyrrole nitrogens is 1. The van der Waals surface area contributed by atoms with Crippen molar-refractivity contribution in [1.29, 1.82) is 0 Å². The molecule has 152 valence electrons. The number of nitrogens with zero attached hydrogens (tertiary/aromatic N) is 1. The van der Waals surface area contributed by atoms with Gasteiger partial charge in [0.1, 0.15) is 11.5 Å². The lowest BCUT2D eigenvalue weighted by molar-refractivity contribution is 0.205. The van der Waals surface area contributed by atoms with Crippen molar-refractivity contribution in [2.75, 3.05) is 20.8 Å². The molecule has 1 unspecified atom stereocenters. The summed E-state index contributed by atoms with van der Waals surface area (Å²) in [5, 5.41) is 1.22. The van der Waals surface area contributed by atoms with Crippen LogP contribution < -0.4 is 9.47 Å². The maximum absolute atomic E-state index is 5.51. The smallest absolute Gasteiger partial charge is 0.119 e. The minimum atomic E-state index is 0.193. The molecule has 1 aliphatic heterocycles. The zero-order chi connectivity index (χ0) is 20.5. The molecular weight excluding hydrogens is 372 g/mol. The van der Waals surface area contributed by atoms with Crippen LogP contribution in [0, 0.1) is 0 Å². The summed E-state index contributed by atoms with van der Waals surface area (Å²) in [7, 11) is 3.43. The van der Waals surface area contributed by atoms with Gasteiger partial charge in [-0.2, -0.15) is 0 Å². The highest BCUT2D eigenvalue weighted by Gasteiger charge is 2.30. The number of methoxy groups -OCH3 is 2. The Labute approximate surface area is 177 Å². The summed E-state index contributed by atoms with van der Waals surface area (Å²) in [6.07, 6.45) is 3.23. The van der Waals surface area contributed by atoms with Gasteiger partial charge in [-0.05, 0) is 59.0 Å². The quantitative estimate of drug-likeness (QED) is 0.494. The Morgan fingerprint density at radius 2 is 1.67 bits per heavy atom. The summed E-state index contributed by atoms with van der Waals surface area (Å²) >= 11 is 0. The molecule has 0 radical (unpaired) electrons. The van der Waals surface area contributed by atoms with E-state index in [0.717, 1.165) is 36.5 Å². The van der Waals surface area contributed by atoms with Crippen molar-refractivity contribution in [2.24, 2.45) is 0 Å². The van der Waals surface area contributed by atoms with Gasteiger partial charge in [0.15, 0.2) is 0 Å². The molecule has 0 fully saturated rings. The Morgan fingerprint density at radius 1 is 0.900 bits per heavy atom. The van der Waals surface area contributed by atoms with Gasteiger partial charge in [-0.15, -0.1) is 0 Å². The van der Waals surface area contributed by atoms with Crippen molar-refractivity contribution in [3.8, 4) is 11.5 Å². The van der Waals surface area contributed by atoms with E-state index in [-0.39, 0.29) is 6.04 Å². The first kappa shape index (κ1) is 18.8. The zero-order valence-electron chi connectivity index (χ0n) is 17.4. The summed E-state index contributed by atoms with van der Waals surface area (Å²) in [6.45, 7) is 1.91. The van der Waals surface area contributed by atoms with Crippen LogP contribution in [0.1, 0.15) is 28.3 Å². The number of nitrogens with one attached hydrogen (secondary N) is 1. The van der Waals surface area contributed by atoms with Gasteiger partial charge in [0.05, 0.1) is 20.3 Å². The third kappa shape index (κ3) is 3.33. The molecule has 5 rings (SSSR count). The van der Waals surface area contributed by atoms with Crippen LogP contribution in [0.5, 0.6) is 11.5 Å². The number of hydrogen-bond acceptors (Lipinski definition) is 3. The predicted octanol–water partition coefficient (Wildman–Crippen LogP) is 5.33. The number of aromatic nitrogens is 1. The lowest BCUT2D eigenvalue weighted by Gasteiger charge is -2.37. The van der Waals surface area contributed by atoms with E-state index in [0.29, 0.717) is 0 Å². The lowest BCUT2D eigenvalue weighted by atomic mass is 9.87. The maximum atomic E-state index is 5.51. The third-order valence-corrected chi connectivity index (χ3v) is 6.14. The molecule has 3 aromatic carbocycles. The van der Waals surface area contributed by atoms with Gasteiger partial charge in [-0.3, -0.25) is 4.90 Å². The van der Waals surface area contributed by atoms with Crippen LogP contribution >= 0.6 is 0 Å².